The highest BCUT2D eigenvalue weighted by molar-refractivity contribution is 7.89. The number of carbonyl (C=O) groups is 2. The number of rotatable bonds is 7. The molecule has 1 unspecified atom stereocenters. The highest BCUT2D eigenvalue weighted by Crippen LogP contribution is 2.38. The molecule has 2 aromatic carbocycles. The maximum Gasteiger partial charge on any atom is 0.304 e. The maximum absolute atomic E-state index is 13.6. The zero-order valence-electron chi connectivity index (χ0n) is 20.6. The second-order valence-electron chi connectivity index (χ2n) is 9.41. The minimum Gasteiger partial charge on any atom is -0.488 e. The van der Waals surface area contributed by atoms with Crippen LogP contribution >= 0.6 is 11.3 Å². The van der Waals surface area contributed by atoms with Crippen LogP contribution in [-0.2, 0) is 27.9 Å². The van der Waals surface area contributed by atoms with Gasteiger partial charge in [-0.1, -0.05) is 37.3 Å². The standard InChI is InChI=1S/C27H28N2O6S2/c1-3-20-15-29(37(33,34)24-7-5-4-6-22(24)35-20)14-19-10-17(9-8-16(19)2)21(12-25(30)31)23-11-18-13-28-27(32)26(18)36-23/h4-11,20-21H,3,12-15H2,1-2H3,(H,28,32)(H,30,31)/t20-,21?/m1/s1. The third-order valence-corrected chi connectivity index (χ3v) is 10.1. The van der Waals surface area contributed by atoms with E-state index in [4.69, 9.17) is 4.74 Å². The number of hydrogen-bond donors (Lipinski definition) is 2. The molecule has 0 aliphatic carbocycles. The molecule has 0 radical (unpaired) electrons. The van der Waals surface area contributed by atoms with E-state index in [2.05, 4.69) is 5.32 Å². The monoisotopic (exact) mass is 540 g/mol. The number of nitrogens with zero attached hydrogens (tertiary/aromatic N) is 1. The minimum absolute atomic E-state index is 0.134. The highest BCUT2D eigenvalue weighted by Gasteiger charge is 2.34. The molecule has 2 aliphatic heterocycles. The molecule has 37 heavy (non-hydrogen) atoms. The summed E-state index contributed by atoms with van der Waals surface area (Å²) in [5.41, 5.74) is 3.37. The van der Waals surface area contributed by atoms with Crippen molar-refractivity contribution in [2.45, 2.75) is 56.7 Å². The molecule has 0 bridgehead atoms. The Balaban J connectivity index is 1.52. The smallest absolute Gasteiger partial charge is 0.304 e. The number of fused-ring (bicyclic) bond motifs is 2. The first-order chi connectivity index (χ1) is 17.7. The van der Waals surface area contributed by atoms with Gasteiger partial charge in [0.25, 0.3) is 5.91 Å². The lowest BCUT2D eigenvalue weighted by Crippen LogP contribution is -2.36. The molecule has 1 amide bonds. The van der Waals surface area contributed by atoms with E-state index >= 15 is 0 Å². The van der Waals surface area contributed by atoms with Gasteiger partial charge in [0.15, 0.2) is 0 Å². The van der Waals surface area contributed by atoms with Crippen molar-refractivity contribution in [1.82, 2.24) is 9.62 Å². The van der Waals surface area contributed by atoms with Crippen LogP contribution in [0, 0.1) is 6.92 Å². The zero-order chi connectivity index (χ0) is 26.3. The average Bonchev–Trinajstić information content (AvgIpc) is 3.41. The molecular weight excluding hydrogens is 512 g/mol. The number of nitrogens with one attached hydrogen (secondary N) is 1. The summed E-state index contributed by atoms with van der Waals surface area (Å²) in [4.78, 5) is 25.5. The normalized spacial score (nSPS) is 19.3. The Bertz CT molecular complexity index is 1480. The number of carboxylic acids is 1. The predicted octanol–water partition coefficient (Wildman–Crippen LogP) is 4.27. The van der Waals surface area contributed by atoms with Crippen molar-refractivity contribution in [3.05, 3.63) is 80.5 Å². The SMILES string of the molecule is CC[C@@H]1CN(Cc2cc(C(CC(=O)O)c3cc4c(s3)C(=O)NC4)ccc2C)S(=O)(=O)c2ccccc2O1. The lowest BCUT2D eigenvalue weighted by atomic mass is 9.91. The second-order valence-corrected chi connectivity index (χ2v) is 12.4. The Morgan fingerprint density at radius 3 is 2.76 bits per heavy atom. The Kier molecular flexibility index (Phi) is 6.82. The summed E-state index contributed by atoms with van der Waals surface area (Å²) in [5, 5.41) is 12.4. The molecule has 2 N–H and O–H groups in total. The summed E-state index contributed by atoms with van der Waals surface area (Å²) < 4.78 is 34.7. The number of ether oxygens (including phenoxy) is 1. The van der Waals surface area contributed by atoms with Gasteiger partial charge in [-0.2, -0.15) is 4.31 Å². The highest BCUT2D eigenvalue weighted by atomic mass is 32.2. The van der Waals surface area contributed by atoms with Crippen molar-refractivity contribution < 1.29 is 27.9 Å². The predicted molar refractivity (Wildman–Crippen MR) is 140 cm³/mol. The van der Waals surface area contributed by atoms with Gasteiger partial charge in [0.05, 0.1) is 17.8 Å². The van der Waals surface area contributed by atoms with E-state index < -0.39 is 21.9 Å². The number of hydrogen-bond acceptors (Lipinski definition) is 6. The lowest BCUT2D eigenvalue weighted by Gasteiger charge is -2.24. The van der Waals surface area contributed by atoms with Crippen LogP contribution in [0.2, 0.25) is 0 Å². The van der Waals surface area contributed by atoms with Crippen LogP contribution in [0.4, 0.5) is 0 Å². The van der Waals surface area contributed by atoms with Crippen LogP contribution in [-0.4, -0.2) is 42.4 Å². The van der Waals surface area contributed by atoms with Crippen molar-refractivity contribution in [3.63, 3.8) is 0 Å². The van der Waals surface area contributed by atoms with E-state index in [9.17, 15) is 23.1 Å². The van der Waals surface area contributed by atoms with Gasteiger partial charge in [0.1, 0.15) is 16.7 Å². The van der Waals surface area contributed by atoms with E-state index in [1.54, 1.807) is 24.3 Å². The molecule has 0 spiro atoms. The summed E-state index contributed by atoms with van der Waals surface area (Å²) in [5.74, 6) is -1.17. The Morgan fingerprint density at radius 1 is 1.24 bits per heavy atom. The van der Waals surface area contributed by atoms with E-state index in [0.717, 1.165) is 27.1 Å². The number of aliphatic carboxylic acids is 1. The van der Waals surface area contributed by atoms with E-state index in [0.29, 0.717) is 23.6 Å². The van der Waals surface area contributed by atoms with Crippen LogP contribution in [0.15, 0.2) is 53.4 Å². The molecule has 2 aliphatic rings. The molecule has 0 saturated heterocycles. The Labute approximate surface area is 219 Å². The van der Waals surface area contributed by atoms with E-state index in [1.165, 1.54) is 15.6 Å². The molecular formula is C27H28N2O6S2. The Morgan fingerprint density at radius 2 is 2.03 bits per heavy atom. The topological polar surface area (TPSA) is 113 Å². The third kappa shape index (κ3) is 4.88. The summed E-state index contributed by atoms with van der Waals surface area (Å²) >= 11 is 1.32. The molecule has 8 nitrogen and oxygen atoms in total. The van der Waals surface area contributed by atoms with Gasteiger partial charge in [-0.3, -0.25) is 9.59 Å². The van der Waals surface area contributed by atoms with Gasteiger partial charge >= 0.3 is 5.97 Å². The number of aryl methyl sites for hydroxylation is 1. The van der Waals surface area contributed by atoms with E-state index in [1.807, 2.05) is 38.1 Å². The largest absolute Gasteiger partial charge is 0.488 e. The number of sulfonamides is 1. The first-order valence-corrected chi connectivity index (χ1v) is 14.4. The number of thiophene rings is 1. The zero-order valence-corrected chi connectivity index (χ0v) is 22.2. The first kappa shape index (κ1) is 25.4. The van der Waals surface area contributed by atoms with Gasteiger partial charge in [0.2, 0.25) is 10.0 Å². The second kappa shape index (κ2) is 9.92. The maximum atomic E-state index is 13.6. The third-order valence-electron chi connectivity index (χ3n) is 6.94. The molecule has 10 heteroatoms. The molecule has 5 rings (SSSR count). The molecule has 1 aromatic heterocycles. The average molecular weight is 541 g/mol. The van der Waals surface area contributed by atoms with Crippen molar-refractivity contribution in [2.24, 2.45) is 0 Å². The lowest BCUT2D eigenvalue weighted by molar-refractivity contribution is -0.137. The van der Waals surface area contributed by atoms with Gasteiger partial charge in [-0.05, 0) is 53.8 Å². The minimum atomic E-state index is -3.81. The molecule has 0 saturated carbocycles. The summed E-state index contributed by atoms with van der Waals surface area (Å²) in [7, 11) is -3.81. The molecule has 194 valence electrons. The van der Waals surface area contributed by atoms with Crippen molar-refractivity contribution >= 4 is 33.2 Å². The van der Waals surface area contributed by atoms with Gasteiger partial charge < -0.3 is 15.2 Å². The van der Waals surface area contributed by atoms with Crippen LogP contribution in [0.25, 0.3) is 0 Å². The summed E-state index contributed by atoms with van der Waals surface area (Å²) in [6.45, 7) is 4.67. The quantitative estimate of drug-likeness (QED) is 0.463. The number of benzene rings is 2. The first-order valence-electron chi connectivity index (χ1n) is 12.1. The van der Waals surface area contributed by atoms with Crippen LogP contribution in [0.1, 0.15) is 62.5 Å². The molecule has 3 heterocycles. The summed E-state index contributed by atoms with van der Waals surface area (Å²) in [6, 6.07) is 14.3. The summed E-state index contributed by atoms with van der Waals surface area (Å²) in [6.07, 6.45) is 0.225. The fraction of sp³-hybridized carbons (Fsp3) is 0.333. The Hall–Kier alpha value is -3.21. The molecule has 2 atom stereocenters. The molecule has 3 aromatic rings. The van der Waals surface area contributed by atoms with Crippen LogP contribution in [0.3, 0.4) is 0 Å². The van der Waals surface area contributed by atoms with Crippen LogP contribution in [0.5, 0.6) is 5.75 Å². The van der Waals surface area contributed by atoms with Gasteiger partial charge in [0, 0.05) is 23.9 Å². The van der Waals surface area contributed by atoms with Gasteiger partial charge in [-0.25, -0.2) is 8.42 Å². The molecule has 0 fully saturated rings. The van der Waals surface area contributed by atoms with E-state index in [-0.39, 0.29) is 36.4 Å². The number of carboxylic acid groups (broad SMARTS) is 1. The number of amides is 1. The van der Waals surface area contributed by atoms with Crippen molar-refractivity contribution in [1.29, 1.82) is 0 Å². The van der Waals surface area contributed by atoms with Gasteiger partial charge in [-0.15, -0.1) is 11.3 Å². The van der Waals surface area contributed by atoms with Crippen molar-refractivity contribution in [2.75, 3.05) is 6.54 Å². The van der Waals surface area contributed by atoms with Crippen molar-refractivity contribution in [3.8, 4) is 5.75 Å². The van der Waals surface area contributed by atoms with Crippen LogP contribution < -0.4 is 10.1 Å². The fourth-order valence-electron chi connectivity index (χ4n) is 4.83. The fourth-order valence-corrected chi connectivity index (χ4v) is 7.63. The number of carbonyl (C=O) groups excluding carboxylic acids is 1. The number of para-hydroxylation sites is 1.